The summed E-state index contributed by atoms with van der Waals surface area (Å²) in [5, 5.41) is 0. The minimum Gasteiger partial charge on any atom is -0.294 e. The molecule has 0 saturated heterocycles. The van der Waals surface area contributed by atoms with Gasteiger partial charge in [-0.1, -0.05) is 55.9 Å². The maximum absolute atomic E-state index is 13.0. The van der Waals surface area contributed by atoms with Crippen molar-refractivity contribution >= 4 is 25.1 Å². The number of amidine groups is 1. The molecule has 2 aliphatic rings. The van der Waals surface area contributed by atoms with Gasteiger partial charge in [0.15, 0.2) is 0 Å². The molecule has 22 heavy (non-hydrogen) atoms. The lowest BCUT2D eigenvalue weighted by Gasteiger charge is -2.22. The number of hydrogen-bond acceptors (Lipinski definition) is 2. The molecule has 1 spiro atoms. The second-order valence-electron chi connectivity index (χ2n) is 6.75. The van der Waals surface area contributed by atoms with Crippen molar-refractivity contribution < 1.29 is 4.79 Å². The summed E-state index contributed by atoms with van der Waals surface area (Å²) in [6.45, 7) is 2.86. The molecule has 0 unspecified atom stereocenters. The second kappa shape index (κ2) is 6.27. The minimum atomic E-state index is -0.409. The van der Waals surface area contributed by atoms with E-state index in [9.17, 15) is 4.79 Å². The quantitative estimate of drug-likeness (QED) is 0.767. The Morgan fingerprint density at radius 3 is 2.55 bits per heavy atom. The summed E-state index contributed by atoms with van der Waals surface area (Å²) in [5.41, 5.74) is 2.04. The third-order valence-corrected chi connectivity index (χ3v) is 4.94. The van der Waals surface area contributed by atoms with E-state index in [1.54, 1.807) is 0 Å². The van der Waals surface area contributed by atoms with Crippen LogP contribution < -0.4 is 5.46 Å². The standard InChI is InChI=1S/C18H25BN2O/c1-2-3-6-16-20-18(11-4-5-12-18)17(22)21(16)13-14-7-9-15(19)10-8-14/h7-10H,2-6,11-13,19H2,1H3. The number of unbranched alkanes of at least 4 members (excludes halogenated alkanes) is 1. The van der Waals surface area contributed by atoms with Gasteiger partial charge < -0.3 is 0 Å². The van der Waals surface area contributed by atoms with Gasteiger partial charge in [0.25, 0.3) is 5.91 Å². The first kappa shape index (κ1) is 15.3. The fourth-order valence-electron chi connectivity index (χ4n) is 3.57. The summed E-state index contributed by atoms with van der Waals surface area (Å²) in [6, 6.07) is 8.48. The van der Waals surface area contributed by atoms with Gasteiger partial charge in [-0.2, -0.15) is 0 Å². The topological polar surface area (TPSA) is 32.7 Å². The molecular weight excluding hydrogens is 271 g/mol. The third kappa shape index (κ3) is 2.83. The highest BCUT2D eigenvalue weighted by molar-refractivity contribution is 6.32. The molecule has 0 aromatic heterocycles. The van der Waals surface area contributed by atoms with E-state index in [0.717, 1.165) is 50.8 Å². The van der Waals surface area contributed by atoms with Gasteiger partial charge in [0.1, 0.15) is 19.2 Å². The van der Waals surface area contributed by atoms with Gasteiger partial charge in [0.2, 0.25) is 0 Å². The van der Waals surface area contributed by atoms with Crippen LogP contribution in [0.4, 0.5) is 0 Å². The van der Waals surface area contributed by atoms with Gasteiger partial charge in [0, 0.05) is 6.42 Å². The first-order valence-electron chi connectivity index (χ1n) is 8.61. The van der Waals surface area contributed by atoms with Gasteiger partial charge in [0.05, 0.1) is 6.54 Å². The van der Waals surface area contributed by atoms with Gasteiger partial charge in [-0.05, 0) is 24.8 Å². The van der Waals surface area contributed by atoms with Crippen molar-refractivity contribution in [3.8, 4) is 0 Å². The molecule has 3 rings (SSSR count). The van der Waals surface area contributed by atoms with Crippen LogP contribution >= 0.6 is 0 Å². The number of amides is 1. The Morgan fingerprint density at radius 1 is 1.23 bits per heavy atom. The highest BCUT2D eigenvalue weighted by atomic mass is 16.2. The normalized spacial score (nSPS) is 20.0. The number of carbonyl (C=O) groups is 1. The van der Waals surface area contributed by atoms with E-state index in [0.29, 0.717) is 6.54 Å². The third-order valence-electron chi connectivity index (χ3n) is 4.94. The van der Waals surface area contributed by atoms with Crippen LogP contribution in [0, 0.1) is 0 Å². The molecule has 0 atom stereocenters. The minimum absolute atomic E-state index is 0.247. The lowest BCUT2D eigenvalue weighted by molar-refractivity contribution is -0.131. The summed E-state index contributed by atoms with van der Waals surface area (Å²) >= 11 is 0. The maximum Gasteiger partial charge on any atom is 0.256 e. The van der Waals surface area contributed by atoms with Crippen LogP contribution in [0.2, 0.25) is 0 Å². The number of aliphatic imine (C=N–C) groups is 1. The molecule has 3 nitrogen and oxygen atoms in total. The lowest BCUT2D eigenvalue weighted by atomic mass is 9.95. The molecule has 1 fully saturated rings. The van der Waals surface area contributed by atoms with Crippen LogP contribution in [-0.4, -0.2) is 30.0 Å². The molecule has 116 valence electrons. The van der Waals surface area contributed by atoms with E-state index in [1.807, 2.05) is 4.90 Å². The molecule has 0 radical (unpaired) electrons. The molecule has 1 saturated carbocycles. The molecule has 1 amide bonds. The van der Waals surface area contributed by atoms with Crippen LogP contribution in [-0.2, 0) is 11.3 Å². The number of carbonyl (C=O) groups excluding carboxylic acids is 1. The average Bonchev–Trinajstić information content (AvgIpc) is 3.09. The van der Waals surface area contributed by atoms with E-state index in [2.05, 4.69) is 39.0 Å². The maximum atomic E-state index is 13.0. The molecule has 0 N–H and O–H groups in total. The fraction of sp³-hybridized carbons (Fsp3) is 0.556. The average molecular weight is 296 g/mol. The van der Waals surface area contributed by atoms with E-state index < -0.39 is 5.54 Å². The summed E-state index contributed by atoms with van der Waals surface area (Å²) in [5.74, 6) is 1.27. The zero-order valence-corrected chi connectivity index (χ0v) is 13.8. The number of hydrogen-bond donors (Lipinski definition) is 0. The summed E-state index contributed by atoms with van der Waals surface area (Å²) in [4.78, 5) is 19.9. The molecule has 1 aliphatic carbocycles. The van der Waals surface area contributed by atoms with Crippen molar-refractivity contribution in [1.82, 2.24) is 4.90 Å². The molecular formula is C18H25BN2O. The fourth-order valence-corrected chi connectivity index (χ4v) is 3.57. The van der Waals surface area contributed by atoms with Crippen molar-refractivity contribution in [3.05, 3.63) is 29.8 Å². The Hall–Kier alpha value is -1.58. The van der Waals surface area contributed by atoms with Crippen LogP contribution in [0.5, 0.6) is 0 Å². The Kier molecular flexibility index (Phi) is 4.37. The largest absolute Gasteiger partial charge is 0.294 e. The van der Waals surface area contributed by atoms with Crippen LogP contribution in [0.15, 0.2) is 29.3 Å². The number of rotatable bonds is 5. The Balaban J connectivity index is 1.82. The van der Waals surface area contributed by atoms with E-state index in [-0.39, 0.29) is 5.91 Å². The second-order valence-corrected chi connectivity index (χ2v) is 6.75. The molecule has 1 aromatic rings. The van der Waals surface area contributed by atoms with Crippen molar-refractivity contribution in [2.75, 3.05) is 0 Å². The predicted molar refractivity (Wildman–Crippen MR) is 93.3 cm³/mol. The zero-order chi connectivity index (χ0) is 15.6. The van der Waals surface area contributed by atoms with E-state index >= 15 is 0 Å². The number of nitrogens with zero attached hydrogens (tertiary/aromatic N) is 2. The summed E-state index contributed by atoms with van der Waals surface area (Å²) in [7, 11) is 2.09. The zero-order valence-electron chi connectivity index (χ0n) is 13.8. The van der Waals surface area contributed by atoms with Gasteiger partial charge in [-0.3, -0.25) is 14.7 Å². The van der Waals surface area contributed by atoms with Crippen molar-refractivity contribution in [1.29, 1.82) is 0 Å². The summed E-state index contributed by atoms with van der Waals surface area (Å²) in [6.07, 6.45) is 7.31. The highest BCUT2D eigenvalue weighted by Gasteiger charge is 2.49. The predicted octanol–water partition coefficient (Wildman–Crippen LogP) is 2.19. The Morgan fingerprint density at radius 2 is 1.91 bits per heavy atom. The monoisotopic (exact) mass is 296 g/mol. The molecule has 1 heterocycles. The first-order valence-corrected chi connectivity index (χ1v) is 8.61. The highest BCUT2D eigenvalue weighted by Crippen LogP contribution is 2.40. The first-order chi connectivity index (χ1) is 10.6. The lowest BCUT2D eigenvalue weighted by Crippen LogP contribution is -2.40. The van der Waals surface area contributed by atoms with Gasteiger partial charge >= 0.3 is 0 Å². The molecule has 1 aliphatic heterocycles. The van der Waals surface area contributed by atoms with Gasteiger partial charge in [-0.15, -0.1) is 0 Å². The molecule has 0 bridgehead atoms. The van der Waals surface area contributed by atoms with Crippen LogP contribution in [0.1, 0.15) is 57.4 Å². The smallest absolute Gasteiger partial charge is 0.256 e. The molecule has 4 heteroatoms. The van der Waals surface area contributed by atoms with Crippen molar-refractivity contribution in [2.45, 2.75) is 64.0 Å². The molecule has 1 aromatic carbocycles. The summed E-state index contributed by atoms with van der Waals surface area (Å²) < 4.78 is 0. The number of benzene rings is 1. The Labute approximate surface area is 134 Å². The van der Waals surface area contributed by atoms with E-state index in [1.165, 1.54) is 11.0 Å². The van der Waals surface area contributed by atoms with Crippen molar-refractivity contribution in [2.24, 2.45) is 4.99 Å². The van der Waals surface area contributed by atoms with Gasteiger partial charge in [-0.25, -0.2) is 0 Å². The van der Waals surface area contributed by atoms with E-state index in [4.69, 9.17) is 4.99 Å². The Bertz CT molecular complexity index is 573. The van der Waals surface area contributed by atoms with Crippen LogP contribution in [0.3, 0.4) is 0 Å². The van der Waals surface area contributed by atoms with Crippen LogP contribution in [0.25, 0.3) is 0 Å². The SMILES string of the molecule is Bc1ccc(CN2C(=O)C3(CCCC3)N=C2CCCC)cc1. The van der Waals surface area contributed by atoms with Crippen molar-refractivity contribution in [3.63, 3.8) is 0 Å².